The van der Waals surface area contributed by atoms with Gasteiger partial charge >= 0.3 is 0 Å². The fourth-order valence-corrected chi connectivity index (χ4v) is 5.74. The molecule has 32 heavy (non-hydrogen) atoms. The number of amides is 1. The van der Waals surface area contributed by atoms with Crippen LogP contribution in [0.15, 0.2) is 46.7 Å². The first-order valence-corrected chi connectivity index (χ1v) is 13.6. The number of nitrogens with zero attached hydrogens (tertiary/aromatic N) is 1. The number of carbonyl (C=O) groups is 1. The number of likely N-dealkylation sites (tertiary alicyclic amines) is 1. The van der Waals surface area contributed by atoms with Gasteiger partial charge in [0.05, 0.1) is 22.6 Å². The molecular formula is C24H34N2O4S2. The Morgan fingerprint density at radius 1 is 1.25 bits per heavy atom. The van der Waals surface area contributed by atoms with Gasteiger partial charge in [0.25, 0.3) is 0 Å². The SMILES string of the molecule is CC(C)(C)CC(=O)N[C@H]1[C@H](c2cccs2)N(Cc2ccc(S(C)(=O)=O)cc2)CC[C@@]1(C)O. The van der Waals surface area contributed by atoms with E-state index in [1.165, 1.54) is 6.26 Å². The molecule has 0 bridgehead atoms. The molecule has 0 radical (unpaired) electrons. The Balaban J connectivity index is 1.89. The Morgan fingerprint density at radius 3 is 2.44 bits per heavy atom. The van der Waals surface area contributed by atoms with E-state index in [2.05, 4.69) is 10.2 Å². The fraction of sp³-hybridized carbons (Fsp3) is 0.542. The summed E-state index contributed by atoms with van der Waals surface area (Å²) >= 11 is 1.61. The van der Waals surface area contributed by atoms with Gasteiger partial charge in [-0.25, -0.2) is 8.42 Å². The second-order valence-electron chi connectivity index (χ2n) is 10.2. The summed E-state index contributed by atoms with van der Waals surface area (Å²) < 4.78 is 23.6. The summed E-state index contributed by atoms with van der Waals surface area (Å²) in [5.41, 5.74) is -0.205. The zero-order valence-corrected chi connectivity index (χ0v) is 21.1. The van der Waals surface area contributed by atoms with Gasteiger partial charge < -0.3 is 10.4 Å². The number of sulfone groups is 1. The first-order valence-electron chi connectivity index (χ1n) is 10.8. The molecule has 6 nitrogen and oxygen atoms in total. The molecule has 3 rings (SSSR count). The van der Waals surface area contributed by atoms with Crippen LogP contribution in [0.5, 0.6) is 0 Å². The molecular weight excluding hydrogens is 444 g/mol. The highest BCUT2D eigenvalue weighted by Crippen LogP contribution is 2.40. The number of hydrogen-bond acceptors (Lipinski definition) is 6. The minimum Gasteiger partial charge on any atom is -0.388 e. The molecule has 8 heteroatoms. The lowest BCUT2D eigenvalue weighted by atomic mass is 9.81. The third-order valence-corrected chi connectivity index (χ3v) is 7.93. The first kappa shape index (κ1) is 24.9. The predicted octanol–water partition coefficient (Wildman–Crippen LogP) is 3.77. The van der Waals surface area contributed by atoms with E-state index in [1.54, 1.807) is 30.4 Å². The molecule has 2 heterocycles. The van der Waals surface area contributed by atoms with Crippen LogP contribution in [0.25, 0.3) is 0 Å². The van der Waals surface area contributed by atoms with Crippen molar-refractivity contribution in [2.75, 3.05) is 12.8 Å². The summed E-state index contributed by atoms with van der Waals surface area (Å²) in [6.07, 6.45) is 2.10. The molecule has 1 aliphatic heterocycles. The van der Waals surface area contributed by atoms with Crippen molar-refractivity contribution in [3.8, 4) is 0 Å². The highest BCUT2D eigenvalue weighted by Gasteiger charge is 2.46. The van der Waals surface area contributed by atoms with Crippen LogP contribution in [0.2, 0.25) is 0 Å². The van der Waals surface area contributed by atoms with E-state index in [1.807, 2.05) is 50.4 Å². The molecule has 1 aromatic heterocycles. The fourth-order valence-electron chi connectivity index (χ4n) is 4.21. The van der Waals surface area contributed by atoms with Gasteiger partial charge in [0.15, 0.2) is 9.84 Å². The Hall–Kier alpha value is -1.74. The summed E-state index contributed by atoms with van der Waals surface area (Å²) in [6.45, 7) is 9.12. The van der Waals surface area contributed by atoms with Gasteiger partial charge in [-0.15, -0.1) is 11.3 Å². The lowest BCUT2D eigenvalue weighted by molar-refractivity contribution is -0.130. The molecule has 3 atom stereocenters. The van der Waals surface area contributed by atoms with E-state index < -0.39 is 21.5 Å². The summed E-state index contributed by atoms with van der Waals surface area (Å²) in [5, 5.41) is 16.4. The topological polar surface area (TPSA) is 86.7 Å². The number of hydrogen-bond donors (Lipinski definition) is 2. The van der Waals surface area contributed by atoms with Crippen molar-refractivity contribution in [2.24, 2.45) is 5.41 Å². The molecule has 1 saturated heterocycles. The smallest absolute Gasteiger partial charge is 0.220 e. The highest BCUT2D eigenvalue weighted by atomic mass is 32.2. The largest absolute Gasteiger partial charge is 0.388 e. The van der Waals surface area contributed by atoms with Crippen LogP contribution in [-0.4, -0.2) is 48.8 Å². The second kappa shape index (κ2) is 9.25. The molecule has 0 spiro atoms. The number of thiophene rings is 1. The Bertz CT molecular complexity index is 1020. The maximum Gasteiger partial charge on any atom is 0.220 e. The van der Waals surface area contributed by atoms with Crippen molar-refractivity contribution in [1.29, 1.82) is 0 Å². The van der Waals surface area contributed by atoms with Crippen molar-refractivity contribution >= 4 is 27.1 Å². The summed E-state index contributed by atoms with van der Waals surface area (Å²) in [7, 11) is -3.24. The number of carbonyl (C=O) groups excluding carboxylic acids is 1. The molecule has 1 fully saturated rings. The predicted molar refractivity (Wildman–Crippen MR) is 128 cm³/mol. The number of benzene rings is 1. The highest BCUT2D eigenvalue weighted by molar-refractivity contribution is 7.90. The molecule has 0 aliphatic carbocycles. The Labute approximate surface area is 195 Å². The monoisotopic (exact) mass is 478 g/mol. The zero-order valence-electron chi connectivity index (χ0n) is 19.5. The lowest BCUT2D eigenvalue weighted by Crippen LogP contribution is -2.62. The van der Waals surface area contributed by atoms with Crippen LogP contribution in [0.1, 0.15) is 57.0 Å². The van der Waals surface area contributed by atoms with E-state index in [-0.39, 0.29) is 17.4 Å². The van der Waals surface area contributed by atoms with Crippen LogP contribution < -0.4 is 5.32 Å². The minimum absolute atomic E-state index is 0.0660. The molecule has 1 amide bonds. The van der Waals surface area contributed by atoms with E-state index >= 15 is 0 Å². The summed E-state index contributed by atoms with van der Waals surface area (Å²) in [5.74, 6) is -0.0660. The van der Waals surface area contributed by atoms with Crippen molar-refractivity contribution in [1.82, 2.24) is 10.2 Å². The number of nitrogens with one attached hydrogen (secondary N) is 1. The van der Waals surface area contributed by atoms with Gasteiger partial charge in [0.1, 0.15) is 0 Å². The number of piperidine rings is 1. The second-order valence-corrected chi connectivity index (χ2v) is 13.2. The lowest BCUT2D eigenvalue weighted by Gasteiger charge is -2.49. The Morgan fingerprint density at radius 2 is 1.91 bits per heavy atom. The molecule has 176 valence electrons. The maximum atomic E-state index is 12.8. The molecule has 1 aromatic carbocycles. The van der Waals surface area contributed by atoms with Crippen molar-refractivity contribution in [3.05, 3.63) is 52.2 Å². The third-order valence-electron chi connectivity index (χ3n) is 5.86. The molecule has 1 aliphatic rings. The zero-order chi connectivity index (χ0) is 23.7. The first-order chi connectivity index (χ1) is 14.8. The summed E-state index contributed by atoms with van der Waals surface area (Å²) in [4.78, 5) is 16.5. The summed E-state index contributed by atoms with van der Waals surface area (Å²) in [6, 6.07) is 10.3. The quantitative estimate of drug-likeness (QED) is 0.660. The van der Waals surface area contributed by atoms with Crippen LogP contribution >= 0.6 is 11.3 Å². The van der Waals surface area contributed by atoms with Gasteiger partial charge in [-0.2, -0.15) is 0 Å². The van der Waals surface area contributed by atoms with Gasteiger partial charge in [0.2, 0.25) is 5.91 Å². The average molecular weight is 479 g/mol. The number of aliphatic hydroxyl groups is 1. The van der Waals surface area contributed by atoms with Crippen LogP contribution in [0, 0.1) is 5.41 Å². The van der Waals surface area contributed by atoms with E-state index in [9.17, 15) is 18.3 Å². The van der Waals surface area contributed by atoms with Crippen molar-refractivity contribution in [2.45, 2.75) is 69.7 Å². The van der Waals surface area contributed by atoms with Gasteiger partial charge in [-0.1, -0.05) is 39.0 Å². The number of rotatable bonds is 6. The normalized spacial score (nSPS) is 24.9. The van der Waals surface area contributed by atoms with Crippen LogP contribution in [0.3, 0.4) is 0 Å². The van der Waals surface area contributed by atoms with Crippen molar-refractivity contribution in [3.63, 3.8) is 0 Å². The van der Waals surface area contributed by atoms with Crippen molar-refractivity contribution < 1.29 is 18.3 Å². The Kier molecular flexibility index (Phi) is 7.20. The maximum absolute atomic E-state index is 12.8. The van der Waals surface area contributed by atoms with E-state index in [0.717, 1.165) is 10.4 Å². The molecule has 0 unspecified atom stereocenters. The third kappa shape index (κ3) is 6.19. The van der Waals surface area contributed by atoms with Crippen LogP contribution in [0.4, 0.5) is 0 Å². The van der Waals surface area contributed by atoms with Gasteiger partial charge in [-0.3, -0.25) is 9.69 Å². The van der Waals surface area contributed by atoms with Crippen LogP contribution in [-0.2, 0) is 21.2 Å². The standard InChI is InChI=1S/C24H34N2O4S2/c1-23(2,3)15-20(27)25-22-21(19-7-6-14-31-19)26(13-12-24(22,4)28)16-17-8-10-18(11-9-17)32(5,29)30/h6-11,14,21-22,28H,12-13,15-16H2,1-5H3,(H,25,27)/t21-,22-,24+/m0/s1. The van der Waals surface area contributed by atoms with Gasteiger partial charge in [0, 0.05) is 30.6 Å². The van der Waals surface area contributed by atoms with E-state index in [0.29, 0.717) is 30.8 Å². The molecule has 2 N–H and O–H groups in total. The van der Waals surface area contributed by atoms with Gasteiger partial charge in [-0.05, 0) is 47.9 Å². The minimum atomic E-state index is -3.24. The molecule has 2 aromatic rings. The molecule has 0 saturated carbocycles. The van der Waals surface area contributed by atoms with E-state index in [4.69, 9.17) is 0 Å². The average Bonchev–Trinajstić information content (AvgIpc) is 3.17.